The van der Waals surface area contributed by atoms with Gasteiger partial charge in [0, 0.05) is 59.2 Å². The van der Waals surface area contributed by atoms with Crippen LogP contribution in [0.2, 0.25) is 0 Å². The maximum atomic E-state index is 6.78. The summed E-state index contributed by atoms with van der Waals surface area (Å²) >= 11 is 1.86. The molecule has 0 saturated heterocycles. The molecule has 4 aliphatic rings. The van der Waals surface area contributed by atoms with E-state index >= 15 is 0 Å². The van der Waals surface area contributed by atoms with Crippen LogP contribution in [0.4, 0.5) is 17.1 Å². The molecule has 0 saturated carbocycles. The molecule has 0 unspecified atom stereocenters. The quantitative estimate of drug-likeness (QED) is 0.171. The van der Waals surface area contributed by atoms with Gasteiger partial charge in [0.05, 0.1) is 22.2 Å². The number of fused-ring (bicyclic) bond motifs is 21. The monoisotopic (exact) mass is 1010 g/mol. The van der Waals surface area contributed by atoms with Gasteiger partial charge in [-0.25, -0.2) is 0 Å². The van der Waals surface area contributed by atoms with E-state index in [1.165, 1.54) is 75.8 Å². The lowest BCUT2D eigenvalue weighted by molar-refractivity contribution is 0.436. The van der Waals surface area contributed by atoms with Crippen LogP contribution in [0.1, 0.15) is 44.5 Å². The standard InChI is InChI=1S/C74H45NO2S/c1-5-24-55-51(20-1)52-44-41-47(45-62(52)74(55)59-28-9-14-35-67(59)77-68-36-15-10-29-60(68)74)49-19-3-11-31-63(49)75(48-42-39-46(40-43-48)50-23-17-38-70-71(50)54-22-4-16-37-69(54)78-70)64-32-18-30-61-72(64)53-21-2-6-25-56(53)73(61)57-26-7-12-33-65(57)76-66-34-13-8-27-58(66)73/h1-45H. The molecule has 0 bridgehead atoms. The lowest BCUT2D eigenvalue weighted by atomic mass is 9.66. The van der Waals surface area contributed by atoms with Gasteiger partial charge in [0.15, 0.2) is 0 Å². The van der Waals surface area contributed by atoms with E-state index in [9.17, 15) is 0 Å². The molecule has 2 aliphatic carbocycles. The average Bonchev–Trinajstić information content (AvgIpc) is 4.32. The van der Waals surface area contributed by atoms with Crippen molar-refractivity contribution < 1.29 is 9.47 Å². The Kier molecular flexibility index (Phi) is 9.14. The minimum atomic E-state index is -0.635. The summed E-state index contributed by atoms with van der Waals surface area (Å²) in [5, 5.41) is 2.60. The SMILES string of the molecule is c1ccc2c(c1)Oc1ccccc1C21c2ccccc2-c2ccc(-c3ccccc3N(c3ccc(-c4cccc5sc6ccccc6c45)cc3)c3cccc4c3-c3ccccc3C43c4ccccc4Oc4ccccc43)cc21. The predicted molar refractivity (Wildman–Crippen MR) is 320 cm³/mol. The summed E-state index contributed by atoms with van der Waals surface area (Å²) in [6.45, 7) is 0. The number of hydrogen-bond donors (Lipinski definition) is 0. The summed E-state index contributed by atoms with van der Waals surface area (Å²) in [6.07, 6.45) is 0. The van der Waals surface area contributed by atoms with Crippen LogP contribution in [0.5, 0.6) is 23.0 Å². The van der Waals surface area contributed by atoms with Crippen molar-refractivity contribution in [2.45, 2.75) is 10.8 Å². The third kappa shape index (κ3) is 5.76. The number of thiophene rings is 1. The lowest BCUT2D eigenvalue weighted by Gasteiger charge is -2.39. The van der Waals surface area contributed by atoms with E-state index < -0.39 is 10.8 Å². The first-order valence-electron chi connectivity index (χ1n) is 26.8. The fourth-order valence-corrected chi connectivity index (χ4v) is 15.3. The average molecular weight is 1010 g/mol. The molecule has 0 radical (unpaired) electrons. The molecule has 17 rings (SSSR count). The molecule has 1 aromatic heterocycles. The van der Waals surface area contributed by atoms with Crippen molar-refractivity contribution in [3.8, 4) is 67.5 Å². The molecular weight excluding hydrogens is 967 g/mol. The number of hydrogen-bond acceptors (Lipinski definition) is 4. The number of para-hydroxylation sites is 5. The summed E-state index contributed by atoms with van der Waals surface area (Å²) in [6, 6.07) is 101. The first-order chi connectivity index (χ1) is 38.7. The van der Waals surface area contributed by atoms with Gasteiger partial charge >= 0.3 is 0 Å². The summed E-state index contributed by atoms with van der Waals surface area (Å²) < 4.78 is 16.1. The summed E-state index contributed by atoms with van der Waals surface area (Å²) in [4.78, 5) is 2.53. The number of nitrogens with zero attached hydrogens (tertiary/aromatic N) is 1. The largest absolute Gasteiger partial charge is 0.457 e. The Balaban J connectivity index is 0.921. The fraction of sp³-hybridized carbons (Fsp3) is 0.0270. The number of benzene rings is 12. The third-order valence-electron chi connectivity index (χ3n) is 17.2. The Morgan fingerprint density at radius 3 is 1.41 bits per heavy atom. The Labute approximate surface area is 456 Å². The van der Waals surface area contributed by atoms with Crippen LogP contribution in [0.3, 0.4) is 0 Å². The van der Waals surface area contributed by atoms with Crippen molar-refractivity contribution >= 4 is 48.6 Å². The molecule has 13 aromatic rings. The van der Waals surface area contributed by atoms with Gasteiger partial charge in [-0.15, -0.1) is 11.3 Å². The Morgan fingerprint density at radius 2 is 0.744 bits per heavy atom. The molecule has 12 aromatic carbocycles. The van der Waals surface area contributed by atoms with Gasteiger partial charge in [0.1, 0.15) is 23.0 Å². The minimum Gasteiger partial charge on any atom is -0.457 e. The first-order valence-corrected chi connectivity index (χ1v) is 27.6. The first kappa shape index (κ1) is 43.5. The van der Waals surface area contributed by atoms with E-state index in [2.05, 4.69) is 278 Å². The van der Waals surface area contributed by atoms with Crippen LogP contribution in [0.25, 0.3) is 64.7 Å². The van der Waals surface area contributed by atoms with E-state index in [1.54, 1.807) is 0 Å². The van der Waals surface area contributed by atoms with E-state index in [0.717, 1.165) is 73.4 Å². The topological polar surface area (TPSA) is 21.7 Å². The minimum absolute atomic E-state index is 0.608. The maximum Gasteiger partial charge on any atom is 0.132 e. The number of rotatable bonds is 5. The highest BCUT2D eigenvalue weighted by Crippen LogP contribution is 2.66. The van der Waals surface area contributed by atoms with Crippen LogP contribution >= 0.6 is 11.3 Å². The van der Waals surface area contributed by atoms with Gasteiger partial charge in [-0.05, 0) is 122 Å². The highest BCUT2D eigenvalue weighted by Gasteiger charge is 2.53. The Morgan fingerprint density at radius 1 is 0.295 bits per heavy atom. The van der Waals surface area contributed by atoms with Crippen LogP contribution in [0.15, 0.2) is 273 Å². The molecule has 3 nitrogen and oxygen atoms in total. The maximum absolute atomic E-state index is 6.78. The molecule has 4 heteroatoms. The van der Waals surface area contributed by atoms with Crippen LogP contribution in [0, 0.1) is 0 Å². The van der Waals surface area contributed by atoms with E-state index in [0.29, 0.717) is 0 Å². The highest BCUT2D eigenvalue weighted by atomic mass is 32.1. The van der Waals surface area contributed by atoms with Crippen molar-refractivity contribution in [2.75, 3.05) is 4.90 Å². The van der Waals surface area contributed by atoms with Crippen molar-refractivity contribution in [2.24, 2.45) is 0 Å². The van der Waals surface area contributed by atoms with Crippen LogP contribution < -0.4 is 14.4 Å². The molecule has 2 aliphatic heterocycles. The van der Waals surface area contributed by atoms with Gasteiger partial charge in [-0.3, -0.25) is 0 Å². The second kappa shape index (κ2) is 16.4. The second-order valence-electron chi connectivity index (χ2n) is 20.9. The molecule has 0 N–H and O–H groups in total. The molecule has 0 amide bonds. The number of anilines is 3. The second-order valence-corrected chi connectivity index (χ2v) is 22.0. The van der Waals surface area contributed by atoms with Crippen molar-refractivity contribution in [1.82, 2.24) is 0 Å². The summed E-state index contributed by atoms with van der Waals surface area (Å²) in [5.41, 5.74) is 21.1. The van der Waals surface area contributed by atoms with Gasteiger partial charge < -0.3 is 14.4 Å². The third-order valence-corrected chi connectivity index (χ3v) is 18.4. The Hall–Kier alpha value is -9.74. The molecule has 3 heterocycles. The van der Waals surface area contributed by atoms with Gasteiger partial charge in [-0.2, -0.15) is 0 Å². The van der Waals surface area contributed by atoms with Gasteiger partial charge in [0.25, 0.3) is 0 Å². The molecule has 0 fully saturated rings. The molecule has 0 atom stereocenters. The highest BCUT2D eigenvalue weighted by molar-refractivity contribution is 7.25. The zero-order valence-electron chi connectivity index (χ0n) is 42.2. The zero-order valence-corrected chi connectivity index (χ0v) is 43.0. The predicted octanol–water partition coefficient (Wildman–Crippen LogP) is 19.8. The fourth-order valence-electron chi connectivity index (χ4n) is 14.2. The molecule has 78 heavy (non-hydrogen) atoms. The lowest BCUT2D eigenvalue weighted by Crippen LogP contribution is -2.32. The normalized spacial score (nSPS) is 14.1. The molecular formula is C74H45NO2S. The van der Waals surface area contributed by atoms with Gasteiger partial charge in [-0.1, -0.05) is 206 Å². The van der Waals surface area contributed by atoms with E-state index in [1.807, 2.05) is 11.3 Å². The molecule has 364 valence electrons. The van der Waals surface area contributed by atoms with Crippen molar-refractivity contribution in [1.29, 1.82) is 0 Å². The van der Waals surface area contributed by atoms with E-state index in [4.69, 9.17) is 9.47 Å². The van der Waals surface area contributed by atoms with Crippen LogP contribution in [-0.2, 0) is 10.8 Å². The van der Waals surface area contributed by atoms with Crippen LogP contribution in [-0.4, -0.2) is 0 Å². The summed E-state index contributed by atoms with van der Waals surface area (Å²) in [7, 11) is 0. The molecule has 2 spiro atoms. The zero-order chi connectivity index (χ0) is 51.1. The summed E-state index contributed by atoms with van der Waals surface area (Å²) in [5.74, 6) is 3.52. The number of ether oxygens (including phenoxy) is 2. The van der Waals surface area contributed by atoms with E-state index in [-0.39, 0.29) is 0 Å². The Bertz CT molecular complexity index is 4570. The van der Waals surface area contributed by atoms with Gasteiger partial charge in [0.2, 0.25) is 0 Å². The van der Waals surface area contributed by atoms with Crippen molar-refractivity contribution in [3.63, 3.8) is 0 Å². The smallest absolute Gasteiger partial charge is 0.132 e. The van der Waals surface area contributed by atoms with Crippen molar-refractivity contribution in [3.05, 3.63) is 317 Å².